The molecule has 0 heterocycles. The maximum atomic E-state index is 12.5. The Morgan fingerprint density at radius 1 is 1.18 bits per heavy atom. The Bertz CT molecular complexity index is 567. The number of amides is 1. The molecule has 1 fully saturated rings. The van der Waals surface area contributed by atoms with Gasteiger partial charge in [0.05, 0.1) is 6.04 Å². The third-order valence-corrected chi connectivity index (χ3v) is 4.67. The van der Waals surface area contributed by atoms with Gasteiger partial charge in [0, 0.05) is 17.8 Å². The van der Waals surface area contributed by atoms with E-state index in [1.165, 1.54) is 0 Å². The van der Waals surface area contributed by atoms with Crippen LogP contribution in [0.1, 0.15) is 55.3 Å². The van der Waals surface area contributed by atoms with Crippen molar-refractivity contribution in [3.8, 4) is 0 Å². The van der Waals surface area contributed by atoms with Gasteiger partial charge in [-0.3, -0.25) is 4.79 Å². The predicted molar refractivity (Wildman–Crippen MR) is 82.9 cm³/mol. The Morgan fingerprint density at radius 2 is 1.82 bits per heavy atom. The van der Waals surface area contributed by atoms with E-state index in [4.69, 9.17) is 0 Å². The maximum absolute atomic E-state index is 12.5. The zero-order valence-electron chi connectivity index (χ0n) is 13.5. The highest BCUT2D eigenvalue weighted by Gasteiger charge is 2.32. The summed E-state index contributed by atoms with van der Waals surface area (Å²) in [6, 6.07) is 6.02. The molecule has 0 spiro atoms. The minimum atomic E-state index is -1.10. The third kappa shape index (κ3) is 3.67. The summed E-state index contributed by atoms with van der Waals surface area (Å²) in [5.74, 6) is -2.38. The van der Waals surface area contributed by atoms with Gasteiger partial charge >= 0.3 is 0 Å². The molecule has 1 aliphatic rings. The number of carbonyl (C=O) groups is 2. The van der Waals surface area contributed by atoms with Gasteiger partial charge in [0.25, 0.3) is 0 Å². The van der Waals surface area contributed by atoms with Crippen LogP contribution in [0.25, 0.3) is 0 Å². The molecule has 3 atom stereocenters. The minimum absolute atomic E-state index is 0.128. The van der Waals surface area contributed by atoms with Crippen molar-refractivity contribution in [2.24, 2.45) is 11.8 Å². The van der Waals surface area contributed by atoms with E-state index in [9.17, 15) is 14.7 Å². The number of carboxylic acid groups (broad SMARTS) is 1. The number of aliphatic carboxylic acids is 1. The molecule has 1 aromatic carbocycles. The monoisotopic (exact) mass is 302 g/mol. The first-order valence-electron chi connectivity index (χ1n) is 7.98. The minimum Gasteiger partial charge on any atom is -0.550 e. The van der Waals surface area contributed by atoms with Crippen LogP contribution in [-0.2, 0) is 9.59 Å². The zero-order valence-corrected chi connectivity index (χ0v) is 13.5. The molecule has 0 aliphatic heterocycles. The van der Waals surface area contributed by atoms with Crippen molar-refractivity contribution in [2.45, 2.75) is 52.5 Å². The third-order valence-electron chi connectivity index (χ3n) is 4.67. The molecule has 4 nitrogen and oxygen atoms in total. The van der Waals surface area contributed by atoms with Gasteiger partial charge in [-0.25, -0.2) is 0 Å². The summed E-state index contributed by atoms with van der Waals surface area (Å²) < 4.78 is 0. The van der Waals surface area contributed by atoms with Crippen LogP contribution in [0.2, 0.25) is 0 Å². The summed E-state index contributed by atoms with van der Waals surface area (Å²) in [6.45, 7) is 5.98. The normalized spacial score (nSPS) is 22.9. The Labute approximate surface area is 131 Å². The topological polar surface area (TPSA) is 69.2 Å². The standard InChI is InChI=1S/C18H25NO3/c1-11-8-9-12(2)16(10-11)13(3)19-17(20)14-6-4-5-7-15(14)18(21)22/h8-10,13-15H,4-7H2,1-3H3,(H,19,20)(H,21,22)/p-1/t13-,14+,15+/m1/s1. The molecule has 0 saturated heterocycles. The molecule has 1 N–H and O–H groups in total. The van der Waals surface area contributed by atoms with Crippen LogP contribution in [0.4, 0.5) is 0 Å². The SMILES string of the molecule is Cc1ccc(C)c([C@@H](C)NC(=O)[C@H]2CCCC[C@@H]2C(=O)[O-])c1. The second-order valence-electron chi connectivity index (χ2n) is 6.41. The van der Waals surface area contributed by atoms with Crippen LogP contribution in [0.15, 0.2) is 18.2 Å². The lowest BCUT2D eigenvalue weighted by Crippen LogP contribution is -2.45. The fraction of sp³-hybridized carbons (Fsp3) is 0.556. The van der Waals surface area contributed by atoms with E-state index in [1.807, 2.05) is 32.9 Å². The second kappa shape index (κ2) is 6.95. The Kier molecular flexibility index (Phi) is 5.22. The quantitative estimate of drug-likeness (QED) is 0.925. The Morgan fingerprint density at radius 3 is 2.45 bits per heavy atom. The number of carboxylic acids is 1. The average Bonchev–Trinajstić information content (AvgIpc) is 2.49. The molecule has 2 rings (SSSR count). The van der Waals surface area contributed by atoms with E-state index in [-0.39, 0.29) is 11.9 Å². The van der Waals surface area contributed by atoms with E-state index in [0.29, 0.717) is 12.8 Å². The molecular formula is C18H24NO3-. The van der Waals surface area contributed by atoms with Crippen LogP contribution in [0.5, 0.6) is 0 Å². The molecule has 1 aromatic rings. The molecule has 4 heteroatoms. The van der Waals surface area contributed by atoms with Gasteiger partial charge in [-0.1, -0.05) is 36.6 Å². The lowest BCUT2D eigenvalue weighted by Gasteiger charge is -2.32. The van der Waals surface area contributed by atoms with Gasteiger partial charge in [-0.2, -0.15) is 0 Å². The lowest BCUT2D eigenvalue weighted by atomic mass is 9.78. The molecule has 1 aliphatic carbocycles. The second-order valence-corrected chi connectivity index (χ2v) is 6.41. The van der Waals surface area contributed by atoms with Gasteiger partial charge in [0.1, 0.15) is 0 Å². The molecule has 0 aromatic heterocycles. The zero-order chi connectivity index (χ0) is 16.3. The summed E-state index contributed by atoms with van der Waals surface area (Å²) in [5, 5.41) is 14.2. The summed E-state index contributed by atoms with van der Waals surface area (Å²) in [4.78, 5) is 23.7. The number of rotatable bonds is 4. The number of benzene rings is 1. The molecule has 1 amide bonds. The molecular weight excluding hydrogens is 278 g/mol. The highest BCUT2D eigenvalue weighted by atomic mass is 16.4. The Balaban J connectivity index is 2.10. The van der Waals surface area contributed by atoms with Crippen molar-refractivity contribution in [1.82, 2.24) is 5.32 Å². The smallest absolute Gasteiger partial charge is 0.224 e. The summed E-state index contributed by atoms with van der Waals surface area (Å²) in [6.07, 6.45) is 2.93. The van der Waals surface area contributed by atoms with Crippen LogP contribution in [0, 0.1) is 25.7 Å². The highest BCUT2D eigenvalue weighted by molar-refractivity contribution is 5.84. The van der Waals surface area contributed by atoms with E-state index < -0.39 is 17.8 Å². The number of hydrogen-bond donors (Lipinski definition) is 1. The number of nitrogens with one attached hydrogen (secondary N) is 1. The lowest BCUT2D eigenvalue weighted by molar-refractivity contribution is -0.314. The largest absolute Gasteiger partial charge is 0.550 e. The van der Waals surface area contributed by atoms with Gasteiger partial charge in [-0.15, -0.1) is 0 Å². The van der Waals surface area contributed by atoms with Crippen molar-refractivity contribution in [2.75, 3.05) is 0 Å². The van der Waals surface area contributed by atoms with Gasteiger partial charge in [0.15, 0.2) is 0 Å². The highest BCUT2D eigenvalue weighted by Crippen LogP contribution is 2.30. The molecule has 120 valence electrons. The molecule has 0 bridgehead atoms. The number of hydrogen-bond acceptors (Lipinski definition) is 3. The fourth-order valence-corrected chi connectivity index (χ4v) is 3.35. The van der Waals surface area contributed by atoms with Gasteiger partial charge in [-0.05, 0) is 44.7 Å². The average molecular weight is 302 g/mol. The summed E-state index contributed by atoms with van der Waals surface area (Å²) in [7, 11) is 0. The van der Waals surface area contributed by atoms with Crippen molar-refractivity contribution in [1.29, 1.82) is 0 Å². The fourth-order valence-electron chi connectivity index (χ4n) is 3.35. The van der Waals surface area contributed by atoms with Gasteiger partial charge < -0.3 is 15.2 Å². The van der Waals surface area contributed by atoms with Crippen molar-refractivity contribution in [3.05, 3.63) is 34.9 Å². The van der Waals surface area contributed by atoms with E-state index in [1.54, 1.807) is 0 Å². The van der Waals surface area contributed by atoms with E-state index in [2.05, 4.69) is 11.4 Å². The number of aryl methyl sites for hydroxylation is 2. The molecule has 22 heavy (non-hydrogen) atoms. The van der Waals surface area contributed by atoms with E-state index >= 15 is 0 Å². The van der Waals surface area contributed by atoms with Gasteiger partial charge in [0.2, 0.25) is 5.91 Å². The van der Waals surface area contributed by atoms with Crippen LogP contribution < -0.4 is 10.4 Å². The summed E-state index contributed by atoms with van der Waals surface area (Å²) >= 11 is 0. The van der Waals surface area contributed by atoms with Crippen molar-refractivity contribution < 1.29 is 14.7 Å². The van der Waals surface area contributed by atoms with Crippen LogP contribution in [0.3, 0.4) is 0 Å². The predicted octanol–water partition coefficient (Wildman–Crippen LogP) is 2.04. The van der Waals surface area contributed by atoms with Crippen molar-refractivity contribution >= 4 is 11.9 Å². The van der Waals surface area contributed by atoms with Crippen LogP contribution in [-0.4, -0.2) is 11.9 Å². The molecule has 1 saturated carbocycles. The van der Waals surface area contributed by atoms with Crippen molar-refractivity contribution in [3.63, 3.8) is 0 Å². The Hall–Kier alpha value is -1.84. The first-order valence-corrected chi connectivity index (χ1v) is 7.98. The summed E-state index contributed by atoms with van der Waals surface area (Å²) in [5.41, 5.74) is 3.35. The molecule has 0 unspecified atom stereocenters. The molecule has 0 radical (unpaired) electrons. The number of carbonyl (C=O) groups excluding carboxylic acids is 2. The van der Waals surface area contributed by atoms with E-state index in [0.717, 1.165) is 29.5 Å². The first kappa shape index (κ1) is 16.5. The first-order chi connectivity index (χ1) is 10.4. The van der Waals surface area contributed by atoms with Crippen LogP contribution >= 0.6 is 0 Å². The maximum Gasteiger partial charge on any atom is 0.224 e.